The first kappa shape index (κ1) is 10.1. The Labute approximate surface area is 90.7 Å². The van der Waals surface area contributed by atoms with Gasteiger partial charge in [-0.05, 0) is 6.07 Å². The summed E-state index contributed by atoms with van der Waals surface area (Å²) >= 11 is 0. The maximum absolute atomic E-state index is 10.8. The molecule has 0 aromatic carbocycles. The van der Waals surface area contributed by atoms with Crippen LogP contribution in [0.2, 0.25) is 0 Å². The number of carbonyl (C=O) groups is 1. The summed E-state index contributed by atoms with van der Waals surface area (Å²) in [5.41, 5.74) is 6.35. The van der Waals surface area contributed by atoms with Crippen molar-refractivity contribution in [2.45, 2.75) is 0 Å². The number of methoxy groups -OCH3 is 1. The van der Waals surface area contributed by atoms with Crippen LogP contribution in [0.15, 0.2) is 18.5 Å². The molecule has 3 N–H and O–H groups in total. The van der Waals surface area contributed by atoms with Crippen LogP contribution >= 0.6 is 0 Å². The van der Waals surface area contributed by atoms with Crippen molar-refractivity contribution in [3.8, 4) is 17.3 Å². The van der Waals surface area contributed by atoms with E-state index in [0.717, 1.165) is 0 Å². The molecule has 0 aliphatic rings. The van der Waals surface area contributed by atoms with Crippen LogP contribution in [-0.2, 0) is 0 Å². The maximum atomic E-state index is 10.8. The molecular formula is C9H9N5O2. The lowest BCUT2D eigenvalue weighted by molar-refractivity contribution is 0.0995. The number of nitrogens with zero attached hydrogens (tertiary/aromatic N) is 3. The lowest BCUT2D eigenvalue weighted by Crippen LogP contribution is -2.10. The fourth-order valence-electron chi connectivity index (χ4n) is 1.13. The molecule has 2 aromatic heterocycles. The Morgan fingerprint density at radius 3 is 2.69 bits per heavy atom. The van der Waals surface area contributed by atoms with Gasteiger partial charge in [-0.2, -0.15) is 5.10 Å². The number of ether oxygens (including phenoxy) is 1. The number of nitrogens with one attached hydrogen (secondary N) is 1. The first-order valence-electron chi connectivity index (χ1n) is 4.42. The van der Waals surface area contributed by atoms with Gasteiger partial charge in [0.1, 0.15) is 17.1 Å². The molecular weight excluding hydrogens is 210 g/mol. The quantitative estimate of drug-likeness (QED) is 0.754. The highest BCUT2D eigenvalue weighted by atomic mass is 16.5. The van der Waals surface area contributed by atoms with E-state index < -0.39 is 5.91 Å². The molecule has 7 heteroatoms. The van der Waals surface area contributed by atoms with E-state index in [1.165, 1.54) is 25.6 Å². The lowest BCUT2D eigenvalue weighted by atomic mass is 10.3. The molecule has 0 saturated carbocycles. The molecule has 7 nitrogen and oxygen atoms in total. The van der Waals surface area contributed by atoms with Gasteiger partial charge in [0.05, 0.1) is 19.5 Å². The van der Waals surface area contributed by atoms with E-state index in [1.807, 2.05) is 0 Å². The first-order valence-corrected chi connectivity index (χ1v) is 4.42. The van der Waals surface area contributed by atoms with Gasteiger partial charge in [0.15, 0.2) is 0 Å². The van der Waals surface area contributed by atoms with Crippen molar-refractivity contribution < 1.29 is 9.53 Å². The molecule has 0 saturated heterocycles. The van der Waals surface area contributed by atoms with Crippen LogP contribution in [0.1, 0.15) is 10.5 Å². The number of H-pyrrole nitrogens is 1. The summed E-state index contributed by atoms with van der Waals surface area (Å²) in [6.45, 7) is 0. The predicted octanol–water partition coefficient (Wildman–Crippen LogP) is -0.0258. The Hall–Kier alpha value is -2.44. The maximum Gasteiger partial charge on any atom is 0.266 e. The highest BCUT2D eigenvalue weighted by Gasteiger charge is 2.09. The average molecular weight is 219 g/mol. The first-order chi connectivity index (χ1) is 7.70. The minimum absolute atomic E-state index is 0.229. The van der Waals surface area contributed by atoms with E-state index in [2.05, 4.69) is 20.2 Å². The van der Waals surface area contributed by atoms with Crippen molar-refractivity contribution in [2.75, 3.05) is 7.11 Å². The van der Waals surface area contributed by atoms with Crippen molar-refractivity contribution in [1.82, 2.24) is 20.2 Å². The van der Waals surface area contributed by atoms with Gasteiger partial charge in [0.25, 0.3) is 5.91 Å². The van der Waals surface area contributed by atoms with Crippen LogP contribution in [-0.4, -0.2) is 33.2 Å². The van der Waals surface area contributed by atoms with Crippen molar-refractivity contribution in [1.29, 1.82) is 0 Å². The number of amides is 1. The van der Waals surface area contributed by atoms with E-state index >= 15 is 0 Å². The second-order valence-electron chi connectivity index (χ2n) is 2.98. The molecule has 0 atom stereocenters. The Morgan fingerprint density at radius 1 is 1.38 bits per heavy atom. The summed E-state index contributed by atoms with van der Waals surface area (Å²) in [5.74, 6) is -0.158. The summed E-state index contributed by atoms with van der Waals surface area (Å²) < 4.78 is 4.87. The summed E-state index contributed by atoms with van der Waals surface area (Å²) in [6, 6.07) is 1.51. The number of hydrogen-bond donors (Lipinski definition) is 2. The minimum Gasteiger partial charge on any atom is -0.480 e. The summed E-state index contributed by atoms with van der Waals surface area (Å²) in [7, 11) is 1.50. The zero-order chi connectivity index (χ0) is 11.5. The van der Waals surface area contributed by atoms with E-state index in [1.54, 1.807) is 0 Å². The molecule has 0 unspecified atom stereocenters. The van der Waals surface area contributed by atoms with Crippen LogP contribution in [0.3, 0.4) is 0 Å². The number of aromatic amines is 1. The Bertz CT molecular complexity index is 505. The monoisotopic (exact) mass is 219 g/mol. The number of hydrogen-bond acceptors (Lipinski definition) is 5. The van der Waals surface area contributed by atoms with Crippen LogP contribution in [0.4, 0.5) is 0 Å². The van der Waals surface area contributed by atoms with Gasteiger partial charge in [0.2, 0.25) is 5.88 Å². The van der Waals surface area contributed by atoms with Crippen LogP contribution in [0.5, 0.6) is 5.88 Å². The summed E-state index contributed by atoms with van der Waals surface area (Å²) in [5, 5.41) is 6.40. The van der Waals surface area contributed by atoms with Gasteiger partial charge >= 0.3 is 0 Å². The third-order valence-electron chi connectivity index (χ3n) is 1.94. The van der Waals surface area contributed by atoms with E-state index in [9.17, 15) is 4.79 Å². The molecule has 0 aliphatic heterocycles. The number of nitrogens with two attached hydrogens (primary N) is 1. The standard InChI is InChI=1S/C9H9N5O2/c1-16-8-4-11-7(3-12-8)5-2-6(9(10)15)14-13-5/h2-4H,1H3,(H2,10,15)(H,13,14). The lowest BCUT2D eigenvalue weighted by Gasteiger charge is -1.97. The number of carbonyl (C=O) groups excluding carboxylic acids is 1. The van der Waals surface area contributed by atoms with Gasteiger partial charge in [-0.1, -0.05) is 0 Å². The molecule has 0 aliphatic carbocycles. The number of primary amides is 1. The molecule has 2 aromatic rings. The number of aromatic nitrogens is 4. The number of rotatable bonds is 3. The normalized spacial score (nSPS) is 10.1. The molecule has 82 valence electrons. The molecule has 1 amide bonds. The third kappa shape index (κ3) is 1.83. The second kappa shape index (κ2) is 3.97. The van der Waals surface area contributed by atoms with Gasteiger partial charge in [-0.15, -0.1) is 0 Å². The zero-order valence-electron chi connectivity index (χ0n) is 8.47. The third-order valence-corrected chi connectivity index (χ3v) is 1.94. The Morgan fingerprint density at radius 2 is 2.19 bits per heavy atom. The molecule has 0 fully saturated rings. The van der Waals surface area contributed by atoms with Crippen molar-refractivity contribution in [3.63, 3.8) is 0 Å². The molecule has 16 heavy (non-hydrogen) atoms. The molecule has 2 heterocycles. The largest absolute Gasteiger partial charge is 0.480 e. The van der Waals surface area contributed by atoms with Gasteiger partial charge in [0, 0.05) is 0 Å². The predicted molar refractivity (Wildman–Crippen MR) is 54.7 cm³/mol. The smallest absolute Gasteiger partial charge is 0.266 e. The molecule has 2 rings (SSSR count). The Balaban J connectivity index is 2.31. The van der Waals surface area contributed by atoms with Crippen LogP contribution in [0.25, 0.3) is 11.4 Å². The van der Waals surface area contributed by atoms with Gasteiger partial charge in [-0.25, -0.2) is 9.97 Å². The minimum atomic E-state index is -0.569. The van der Waals surface area contributed by atoms with Gasteiger partial charge < -0.3 is 10.5 Å². The topological polar surface area (TPSA) is 107 Å². The van der Waals surface area contributed by atoms with Crippen LogP contribution < -0.4 is 10.5 Å². The Kier molecular flexibility index (Phi) is 2.50. The molecule has 0 spiro atoms. The molecule has 0 bridgehead atoms. The molecule has 0 radical (unpaired) electrons. The van der Waals surface area contributed by atoms with Crippen molar-refractivity contribution >= 4 is 5.91 Å². The van der Waals surface area contributed by atoms with Gasteiger partial charge in [-0.3, -0.25) is 9.89 Å². The SMILES string of the molecule is COc1cnc(-c2cc(C(N)=O)[nH]n2)cn1. The average Bonchev–Trinajstić information content (AvgIpc) is 2.78. The second-order valence-corrected chi connectivity index (χ2v) is 2.98. The highest BCUT2D eigenvalue weighted by molar-refractivity contribution is 5.91. The van der Waals surface area contributed by atoms with E-state index in [0.29, 0.717) is 17.3 Å². The van der Waals surface area contributed by atoms with Crippen molar-refractivity contribution in [2.24, 2.45) is 5.73 Å². The summed E-state index contributed by atoms with van der Waals surface area (Å²) in [4.78, 5) is 18.9. The van der Waals surface area contributed by atoms with Crippen LogP contribution in [0, 0.1) is 0 Å². The van der Waals surface area contributed by atoms with E-state index in [4.69, 9.17) is 10.5 Å². The highest BCUT2D eigenvalue weighted by Crippen LogP contribution is 2.15. The fraction of sp³-hybridized carbons (Fsp3) is 0.111. The van der Waals surface area contributed by atoms with E-state index in [-0.39, 0.29) is 5.69 Å². The fourth-order valence-corrected chi connectivity index (χ4v) is 1.13. The zero-order valence-corrected chi connectivity index (χ0v) is 8.47. The van der Waals surface area contributed by atoms with Crippen molar-refractivity contribution in [3.05, 3.63) is 24.2 Å². The summed E-state index contributed by atoms with van der Waals surface area (Å²) in [6.07, 6.45) is 2.97.